The van der Waals surface area contributed by atoms with E-state index in [1.165, 1.54) is 29.2 Å². The number of β-lactam (4-membered cyclic amide) rings is 1. The normalized spacial score (nSPS) is 21.1. The minimum atomic E-state index is -1.08. The first-order valence-corrected chi connectivity index (χ1v) is 6.52. The van der Waals surface area contributed by atoms with Crippen molar-refractivity contribution < 1.29 is 19.0 Å². The number of ether oxygens (including phenoxy) is 1. The van der Waals surface area contributed by atoms with E-state index in [9.17, 15) is 14.3 Å². The number of anilines is 1. The number of aliphatic hydroxyl groups is 1. The summed E-state index contributed by atoms with van der Waals surface area (Å²) in [5, 5.41) is 9.95. The predicted molar refractivity (Wildman–Crippen MR) is 75.6 cm³/mol. The second kappa shape index (κ2) is 5.18. The molecule has 0 bridgehead atoms. The zero-order valence-corrected chi connectivity index (χ0v) is 11.4. The molecule has 2 unspecified atom stereocenters. The highest BCUT2D eigenvalue weighted by atomic mass is 19.1. The van der Waals surface area contributed by atoms with Crippen LogP contribution in [0.15, 0.2) is 48.5 Å². The van der Waals surface area contributed by atoms with Crippen molar-refractivity contribution in [2.24, 2.45) is 0 Å². The summed E-state index contributed by atoms with van der Waals surface area (Å²) in [5.74, 6) is -0.0529. The van der Waals surface area contributed by atoms with Gasteiger partial charge in [-0.15, -0.1) is 0 Å². The van der Waals surface area contributed by atoms with Gasteiger partial charge in [0.25, 0.3) is 5.91 Å². The van der Waals surface area contributed by atoms with Crippen LogP contribution in [-0.4, -0.2) is 24.2 Å². The number of methoxy groups -OCH3 is 1. The van der Waals surface area contributed by atoms with Crippen molar-refractivity contribution in [1.82, 2.24) is 0 Å². The van der Waals surface area contributed by atoms with E-state index in [1.807, 2.05) is 0 Å². The van der Waals surface area contributed by atoms with Crippen LogP contribution in [-0.2, 0) is 4.79 Å². The summed E-state index contributed by atoms with van der Waals surface area (Å²) in [6.07, 6.45) is -1.08. The van der Waals surface area contributed by atoms with Crippen molar-refractivity contribution in [1.29, 1.82) is 0 Å². The smallest absolute Gasteiger partial charge is 0.259 e. The van der Waals surface area contributed by atoms with Gasteiger partial charge in [-0.3, -0.25) is 9.69 Å². The summed E-state index contributed by atoms with van der Waals surface area (Å²) in [5.41, 5.74) is 1.36. The van der Waals surface area contributed by atoms with E-state index in [2.05, 4.69) is 0 Å². The van der Waals surface area contributed by atoms with E-state index in [-0.39, 0.29) is 11.7 Å². The lowest BCUT2D eigenvalue weighted by Crippen LogP contribution is -2.59. The highest BCUT2D eigenvalue weighted by Crippen LogP contribution is 2.39. The number of hydrogen-bond donors (Lipinski definition) is 1. The minimum Gasteiger partial charge on any atom is -0.497 e. The molecular weight excluding hydrogens is 273 g/mol. The lowest BCUT2D eigenvalue weighted by atomic mass is 9.90. The van der Waals surface area contributed by atoms with E-state index < -0.39 is 12.1 Å². The van der Waals surface area contributed by atoms with Crippen molar-refractivity contribution in [3.05, 3.63) is 59.9 Å². The van der Waals surface area contributed by atoms with Crippen molar-refractivity contribution in [3.63, 3.8) is 0 Å². The van der Waals surface area contributed by atoms with Gasteiger partial charge in [0.1, 0.15) is 11.6 Å². The maximum atomic E-state index is 13.0. The van der Waals surface area contributed by atoms with Crippen molar-refractivity contribution >= 4 is 11.6 Å². The van der Waals surface area contributed by atoms with Crippen molar-refractivity contribution in [2.45, 2.75) is 12.1 Å². The molecule has 0 aliphatic carbocycles. The van der Waals surface area contributed by atoms with E-state index >= 15 is 0 Å². The molecule has 2 aromatic rings. The Kier molecular flexibility index (Phi) is 3.35. The number of rotatable bonds is 3. The van der Waals surface area contributed by atoms with Crippen LogP contribution in [0.3, 0.4) is 0 Å². The van der Waals surface area contributed by atoms with Crippen molar-refractivity contribution in [2.75, 3.05) is 12.0 Å². The fourth-order valence-corrected chi connectivity index (χ4v) is 2.50. The van der Waals surface area contributed by atoms with E-state index in [1.54, 1.807) is 31.4 Å². The van der Waals surface area contributed by atoms with Gasteiger partial charge < -0.3 is 9.84 Å². The monoisotopic (exact) mass is 287 g/mol. The minimum absolute atomic E-state index is 0.367. The highest BCUT2D eigenvalue weighted by Gasteiger charge is 2.47. The molecule has 1 N–H and O–H groups in total. The quantitative estimate of drug-likeness (QED) is 0.881. The molecule has 1 saturated heterocycles. The molecule has 0 spiro atoms. The van der Waals surface area contributed by atoms with Crippen LogP contribution >= 0.6 is 0 Å². The number of halogens is 1. The second-order valence-corrected chi connectivity index (χ2v) is 4.85. The van der Waals surface area contributed by atoms with Crippen LogP contribution < -0.4 is 9.64 Å². The number of carbonyl (C=O) groups is 1. The zero-order valence-electron chi connectivity index (χ0n) is 11.4. The fraction of sp³-hybridized carbons (Fsp3) is 0.188. The van der Waals surface area contributed by atoms with Crippen LogP contribution in [0.1, 0.15) is 11.6 Å². The first-order valence-electron chi connectivity index (χ1n) is 6.52. The molecule has 1 fully saturated rings. The Bertz CT molecular complexity index is 654. The van der Waals surface area contributed by atoms with Gasteiger partial charge >= 0.3 is 0 Å². The molecule has 5 heteroatoms. The van der Waals surface area contributed by atoms with Crippen LogP contribution in [0.25, 0.3) is 0 Å². The Labute approximate surface area is 121 Å². The van der Waals surface area contributed by atoms with Crippen molar-refractivity contribution in [3.8, 4) is 5.75 Å². The third kappa shape index (κ3) is 2.25. The summed E-state index contributed by atoms with van der Waals surface area (Å²) in [6, 6.07) is 12.3. The number of nitrogens with zero attached hydrogens (tertiary/aromatic N) is 1. The summed E-state index contributed by atoms with van der Waals surface area (Å²) >= 11 is 0. The molecule has 21 heavy (non-hydrogen) atoms. The van der Waals surface area contributed by atoms with Crippen LogP contribution in [0.2, 0.25) is 0 Å². The third-order valence-electron chi connectivity index (χ3n) is 3.63. The average molecular weight is 287 g/mol. The molecule has 4 nitrogen and oxygen atoms in total. The average Bonchev–Trinajstić information content (AvgIpc) is 2.53. The molecular formula is C16H14FNO3. The lowest BCUT2D eigenvalue weighted by molar-refractivity contribution is -0.137. The fourth-order valence-electron chi connectivity index (χ4n) is 2.50. The van der Waals surface area contributed by atoms with Gasteiger partial charge in [0.05, 0.1) is 13.2 Å². The third-order valence-corrected chi connectivity index (χ3v) is 3.63. The van der Waals surface area contributed by atoms with Gasteiger partial charge in [-0.25, -0.2) is 4.39 Å². The Morgan fingerprint density at radius 3 is 2.29 bits per heavy atom. The molecule has 108 valence electrons. The molecule has 2 atom stereocenters. The first kappa shape index (κ1) is 13.6. The Morgan fingerprint density at radius 2 is 1.71 bits per heavy atom. The predicted octanol–water partition coefficient (Wildman–Crippen LogP) is 2.28. The Hall–Kier alpha value is -2.40. The Balaban J connectivity index is 1.92. The first-order chi connectivity index (χ1) is 10.1. The van der Waals surface area contributed by atoms with Crippen LogP contribution in [0.5, 0.6) is 5.75 Å². The standard InChI is InChI=1S/C16H14FNO3/c1-21-13-8-2-10(3-9-13)14-15(19)16(20)18(14)12-6-4-11(17)5-7-12/h2-9,14-15,19H,1H3. The van der Waals surface area contributed by atoms with E-state index in [0.717, 1.165) is 5.56 Å². The maximum Gasteiger partial charge on any atom is 0.259 e. The summed E-state index contributed by atoms with van der Waals surface area (Å²) < 4.78 is 18.1. The second-order valence-electron chi connectivity index (χ2n) is 4.85. The molecule has 1 aliphatic heterocycles. The van der Waals surface area contributed by atoms with Gasteiger partial charge in [-0.2, -0.15) is 0 Å². The Morgan fingerprint density at radius 1 is 1.10 bits per heavy atom. The van der Waals surface area contributed by atoms with Gasteiger partial charge in [-0.1, -0.05) is 12.1 Å². The molecule has 3 rings (SSSR count). The summed E-state index contributed by atoms with van der Waals surface area (Å²) in [7, 11) is 1.57. The number of carbonyl (C=O) groups excluding carboxylic acids is 1. The van der Waals surface area contributed by atoms with E-state index in [4.69, 9.17) is 4.74 Å². The van der Waals surface area contributed by atoms with E-state index in [0.29, 0.717) is 11.4 Å². The molecule has 0 aromatic heterocycles. The summed E-state index contributed by atoms with van der Waals surface area (Å²) in [4.78, 5) is 13.4. The zero-order chi connectivity index (χ0) is 15.0. The lowest BCUT2D eigenvalue weighted by Gasteiger charge is -2.44. The SMILES string of the molecule is COc1ccc(C2C(O)C(=O)N2c2ccc(F)cc2)cc1. The molecule has 0 saturated carbocycles. The van der Waals surface area contributed by atoms with Gasteiger partial charge in [-0.05, 0) is 42.0 Å². The number of aliphatic hydroxyl groups excluding tert-OH is 1. The number of amides is 1. The molecule has 0 radical (unpaired) electrons. The number of hydrogen-bond acceptors (Lipinski definition) is 3. The maximum absolute atomic E-state index is 13.0. The molecule has 1 heterocycles. The molecule has 1 aliphatic rings. The van der Waals surface area contributed by atoms with Gasteiger partial charge in [0.15, 0.2) is 6.10 Å². The van der Waals surface area contributed by atoms with Gasteiger partial charge in [0.2, 0.25) is 0 Å². The van der Waals surface area contributed by atoms with Gasteiger partial charge in [0, 0.05) is 5.69 Å². The largest absolute Gasteiger partial charge is 0.497 e. The van der Waals surface area contributed by atoms with Crippen LogP contribution in [0.4, 0.5) is 10.1 Å². The molecule has 1 amide bonds. The highest BCUT2D eigenvalue weighted by molar-refractivity contribution is 6.04. The summed E-state index contributed by atoms with van der Waals surface area (Å²) in [6.45, 7) is 0. The molecule has 2 aromatic carbocycles. The topological polar surface area (TPSA) is 49.8 Å². The number of benzene rings is 2. The van der Waals surface area contributed by atoms with Crippen LogP contribution in [0, 0.1) is 5.82 Å².